The minimum atomic E-state index is -0.216. The van der Waals surface area contributed by atoms with Crippen molar-refractivity contribution >= 4 is 34.5 Å². The van der Waals surface area contributed by atoms with Crippen LogP contribution in [-0.4, -0.2) is 16.6 Å². The van der Waals surface area contributed by atoms with E-state index in [1.54, 1.807) is 11.8 Å². The van der Waals surface area contributed by atoms with Gasteiger partial charge < -0.3 is 4.42 Å². The summed E-state index contributed by atoms with van der Waals surface area (Å²) in [6.07, 6.45) is 0.253. The van der Waals surface area contributed by atoms with Gasteiger partial charge in [0.2, 0.25) is 11.8 Å². The molecular weight excluding hydrogens is 490 g/mol. The number of aryl methyl sites for hydroxylation is 3. The molecule has 0 aliphatic rings. The second-order valence-electron chi connectivity index (χ2n) is 9.26. The van der Waals surface area contributed by atoms with Crippen molar-refractivity contribution in [2.75, 3.05) is 11.1 Å². The molecule has 0 bridgehead atoms. The predicted molar refractivity (Wildman–Crippen MR) is 154 cm³/mol. The van der Waals surface area contributed by atoms with Crippen LogP contribution in [0.4, 0.5) is 5.88 Å². The quantitative estimate of drug-likeness (QED) is 0.221. The van der Waals surface area contributed by atoms with Crippen molar-refractivity contribution in [2.24, 2.45) is 0 Å². The maximum absolute atomic E-state index is 12.9. The number of carbonyl (C=O) groups excluding carboxylic acids is 1. The average molecular weight is 518 g/mol. The molecule has 6 heteroatoms. The van der Waals surface area contributed by atoms with Gasteiger partial charge >= 0.3 is 0 Å². The number of benzene rings is 3. The number of nitrogens with zero attached hydrogens (tertiary/aromatic N) is 2. The monoisotopic (exact) mass is 517 g/mol. The highest BCUT2D eigenvalue weighted by molar-refractivity contribution is 7.99. The highest BCUT2D eigenvalue weighted by Gasteiger charge is 2.24. The SMILES string of the molecule is Cc1cc(C)c2nc(SCCC(=O)Nc3oc(-c4ccccc4)c(-c4ccccc4)c3C#N)cc(C)c2c1. The second-order valence-corrected chi connectivity index (χ2v) is 10.4. The van der Waals surface area contributed by atoms with E-state index < -0.39 is 0 Å². The van der Waals surface area contributed by atoms with Gasteiger partial charge in [-0.2, -0.15) is 5.26 Å². The molecule has 0 aliphatic carbocycles. The van der Waals surface area contributed by atoms with Gasteiger partial charge in [0.25, 0.3) is 0 Å². The Labute approximate surface area is 226 Å². The smallest absolute Gasteiger partial charge is 0.227 e. The van der Waals surface area contributed by atoms with Gasteiger partial charge in [-0.05, 0) is 49.6 Å². The van der Waals surface area contributed by atoms with Crippen LogP contribution < -0.4 is 5.32 Å². The third-order valence-corrected chi connectivity index (χ3v) is 7.30. The number of fused-ring (bicyclic) bond motifs is 1. The molecule has 0 saturated carbocycles. The molecule has 0 atom stereocenters. The van der Waals surface area contributed by atoms with E-state index in [4.69, 9.17) is 9.40 Å². The molecule has 0 saturated heterocycles. The predicted octanol–water partition coefficient (Wildman–Crippen LogP) is 8.08. The summed E-state index contributed by atoms with van der Waals surface area (Å²) in [5, 5.41) is 14.9. The first-order valence-corrected chi connectivity index (χ1v) is 13.4. The number of anilines is 1. The first-order valence-electron chi connectivity index (χ1n) is 12.4. The van der Waals surface area contributed by atoms with Crippen molar-refractivity contribution in [2.45, 2.75) is 32.2 Å². The van der Waals surface area contributed by atoms with Gasteiger partial charge in [-0.15, -0.1) is 11.8 Å². The topological polar surface area (TPSA) is 78.9 Å². The second kappa shape index (κ2) is 11.0. The van der Waals surface area contributed by atoms with Crippen molar-refractivity contribution < 1.29 is 9.21 Å². The number of aromatic nitrogens is 1. The highest BCUT2D eigenvalue weighted by Crippen LogP contribution is 2.41. The van der Waals surface area contributed by atoms with E-state index in [1.807, 2.05) is 60.7 Å². The Hall–Kier alpha value is -4.34. The summed E-state index contributed by atoms with van der Waals surface area (Å²) >= 11 is 1.55. The van der Waals surface area contributed by atoms with Gasteiger partial charge in [0.15, 0.2) is 0 Å². The molecule has 3 aromatic carbocycles. The van der Waals surface area contributed by atoms with Crippen molar-refractivity contribution in [1.29, 1.82) is 5.26 Å². The Balaban J connectivity index is 1.35. The third-order valence-electron chi connectivity index (χ3n) is 6.38. The van der Waals surface area contributed by atoms with Crippen molar-refractivity contribution in [3.8, 4) is 28.5 Å². The number of amides is 1. The lowest BCUT2D eigenvalue weighted by Gasteiger charge is -2.09. The number of hydrogen-bond acceptors (Lipinski definition) is 5. The minimum Gasteiger partial charge on any atom is -0.438 e. The molecule has 1 N–H and O–H groups in total. The Morgan fingerprint density at radius 2 is 1.63 bits per heavy atom. The van der Waals surface area contributed by atoms with Crippen LogP contribution in [0.1, 0.15) is 28.7 Å². The van der Waals surface area contributed by atoms with Crippen LogP contribution in [0.3, 0.4) is 0 Å². The van der Waals surface area contributed by atoms with Crippen LogP contribution in [0.15, 0.2) is 88.3 Å². The van der Waals surface area contributed by atoms with Crippen LogP contribution >= 0.6 is 11.8 Å². The molecule has 188 valence electrons. The minimum absolute atomic E-state index is 0.172. The van der Waals surface area contributed by atoms with Crippen molar-refractivity contribution in [3.63, 3.8) is 0 Å². The zero-order chi connectivity index (χ0) is 26.6. The van der Waals surface area contributed by atoms with E-state index in [2.05, 4.69) is 50.4 Å². The molecule has 5 rings (SSSR count). The molecule has 5 nitrogen and oxygen atoms in total. The lowest BCUT2D eigenvalue weighted by atomic mass is 9.98. The van der Waals surface area contributed by atoms with Gasteiger partial charge in [-0.1, -0.05) is 72.3 Å². The summed E-state index contributed by atoms with van der Waals surface area (Å²) in [4.78, 5) is 17.8. The fourth-order valence-electron chi connectivity index (χ4n) is 4.62. The lowest BCUT2D eigenvalue weighted by molar-refractivity contribution is -0.115. The number of carbonyl (C=O) groups is 1. The molecule has 0 spiro atoms. The molecule has 0 fully saturated rings. The molecule has 0 aliphatic heterocycles. The highest BCUT2D eigenvalue weighted by atomic mass is 32.2. The third kappa shape index (κ3) is 5.20. The summed E-state index contributed by atoms with van der Waals surface area (Å²) < 4.78 is 6.13. The Morgan fingerprint density at radius 3 is 2.32 bits per heavy atom. The molecule has 0 radical (unpaired) electrons. The zero-order valence-corrected chi connectivity index (χ0v) is 22.4. The van der Waals surface area contributed by atoms with E-state index >= 15 is 0 Å². The van der Waals surface area contributed by atoms with E-state index in [0.29, 0.717) is 22.6 Å². The molecule has 1 amide bonds. The average Bonchev–Trinajstić information content (AvgIpc) is 3.28. The van der Waals surface area contributed by atoms with E-state index in [1.165, 1.54) is 11.1 Å². The number of hydrogen-bond donors (Lipinski definition) is 1. The van der Waals surface area contributed by atoms with Gasteiger partial charge in [-0.25, -0.2) is 4.98 Å². The molecule has 38 heavy (non-hydrogen) atoms. The van der Waals surface area contributed by atoms with E-state index in [0.717, 1.165) is 32.6 Å². The molecule has 0 unspecified atom stereocenters. The molecule has 2 heterocycles. The molecule has 5 aromatic rings. The van der Waals surface area contributed by atoms with Crippen LogP contribution in [-0.2, 0) is 4.79 Å². The Kier molecular flexibility index (Phi) is 7.30. The zero-order valence-electron chi connectivity index (χ0n) is 21.5. The lowest BCUT2D eigenvalue weighted by Crippen LogP contribution is -2.12. The van der Waals surface area contributed by atoms with Gasteiger partial charge in [0, 0.05) is 28.7 Å². The number of rotatable bonds is 7. The van der Waals surface area contributed by atoms with Crippen LogP contribution in [0.25, 0.3) is 33.4 Å². The summed E-state index contributed by atoms with van der Waals surface area (Å²) in [5.74, 6) is 1.06. The van der Waals surface area contributed by atoms with Crippen LogP contribution in [0.5, 0.6) is 0 Å². The van der Waals surface area contributed by atoms with E-state index in [-0.39, 0.29) is 18.2 Å². The summed E-state index contributed by atoms with van der Waals surface area (Å²) in [6, 6.07) is 27.9. The molecular formula is C32H27N3O2S. The fraction of sp³-hybridized carbons (Fsp3) is 0.156. The summed E-state index contributed by atoms with van der Waals surface area (Å²) in [7, 11) is 0. The van der Waals surface area contributed by atoms with Crippen molar-refractivity contribution in [1.82, 2.24) is 4.98 Å². The number of nitriles is 1. The number of furan rings is 1. The number of thioether (sulfide) groups is 1. The first kappa shape index (κ1) is 25.3. The number of nitrogens with one attached hydrogen (secondary N) is 1. The largest absolute Gasteiger partial charge is 0.438 e. The summed E-state index contributed by atoms with van der Waals surface area (Å²) in [5.41, 5.74) is 7.21. The van der Waals surface area contributed by atoms with Crippen LogP contribution in [0, 0.1) is 32.1 Å². The molecule has 2 aromatic heterocycles. The fourth-order valence-corrected chi connectivity index (χ4v) is 5.54. The maximum atomic E-state index is 12.9. The maximum Gasteiger partial charge on any atom is 0.227 e. The van der Waals surface area contributed by atoms with E-state index in [9.17, 15) is 10.1 Å². The Bertz CT molecular complexity index is 1670. The summed E-state index contributed by atoms with van der Waals surface area (Å²) in [6.45, 7) is 6.26. The van der Waals surface area contributed by atoms with Crippen LogP contribution in [0.2, 0.25) is 0 Å². The Morgan fingerprint density at radius 1 is 0.947 bits per heavy atom. The normalized spacial score (nSPS) is 10.9. The van der Waals surface area contributed by atoms with Gasteiger partial charge in [-0.3, -0.25) is 10.1 Å². The van der Waals surface area contributed by atoms with Gasteiger partial charge in [0.1, 0.15) is 17.4 Å². The first-order chi connectivity index (χ1) is 18.4. The van der Waals surface area contributed by atoms with Crippen molar-refractivity contribution in [3.05, 3.63) is 101 Å². The number of pyridine rings is 1. The standard InChI is InChI=1S/C32H27N3O2S/c1-20-16-22(3)30-25(17-20)21(2)18-28(35-30)38-15-14-27(36)34-32-26(19-33)29(23-10-6-4-7-11-23)31(37-32)24-12-8-5-9-13-24/h4-13,16-18H,14-15H2,1-3H3,(H,34,36). The van der Waals surface area contributed by atoms with Gasteiger partial charge in [0.05, 0.1) is 10.5 Å².